The Morgan fingerprint density at radius 3 is 2.57 bits per heavy atom. The fraction of sp³-hybridized carbons (Fsp3) is 0.538. The molecule has 0 amide bonds. The van der Waals surface area contributed by atoms with Gasteiger partial charge in [-0.25, -0.2) is 21.9 Å². The Kier molecular flexibility index (Phi) is 5.26. The topological polar surface area (TPSA) is 75.6 Å². The molecule has 0 spiro atoms. The van der Waals surface area contributed by atoms with E-state index in [0.717, 1.165) is 25.0 Å². The highest BCUT2D eigenvalue weighted by Gasteiger charge is 2.24. The highest BCUT2D eigenvalue weighted by atomic mass is 32.2. The zero-order chi connectivity index (χ0) is 15.5. The van der Waals surface area contributed by atoms with Crippen molar-refractivity contribution in [2.75, 3.05) is 19.8 Å². The first-order chi connectivity index (χ1) is 9.94. The second kappa shape index (κ2) is 6.78. The van der Waals surface area contributed by atoms with Gasteiger partial charge in [0.15, 0.2) is 11.6 Å². The predicted molar refractivity (Wildman–Crippen MR) is 71.0 cm³/mol. The summed E-state index contributed by atoms with van der Waals surface area (Å²) in [7, 11) is -4.16. The van der Waals surface area contributed by atoms with E-state index < -0.39 is 33.2 Å². The summed E-state index contributed by atoms with van der Waals surface area (Å²) in [6.45, 7) is 0.709. The molecule has 1 saturated heterocycles. The molecule has 0 aromatic heterocycles. The van der Waals surface area contributed by atoms with Gasteiger partial charge in [0.1, 0.15) is 4.90 Å². The Morgan fingerprint density at radius 1 is 1.29 bits per heavy atom. The monoisotopic (exact) mass is 321 g/mol. The summed E-state index contributed by atoms with van der Waals surface area (Å²) in [4.78, 5) is -0.779. The van der Waals surface area contributed by atoms with Crippen molar-refractivity contribution >= 4 is 10.0 Å². The summed E-state index contributed by atoms with van der Waals surface area (Å²) in [6, 6.07) is 1.71. The van der Waals surface area contributed by atoms with Crippen molar-refractivity contribution < 1.29 is 27.0 Å². The third kappa shape index (κ3) is 3.97. The van der Waals surface area contributed by atoms with E-state index in [4.69, 9.17) is 9.84 Å². The molecule has 2 N–H and O–H groups in total. The van der Waals surface area contributed by atoms with Crippen molar-refractivity contribution in [3.63, 3.8) is 0 Å². The van der Waals surface area contributed by atoms with Crippen LogP contribution < -0.4 is 4.72 Å². The molecule has 2 rings (SSSR count). The summed E-state index contributed by atoms with van der Waals surface area (Å²) in [6.07, 6.45) is 1.44. The molecule has 1 aliphatic rings. The van der Waals surface area contributed by atoms with E-state index in [1.807, 2.05) is 0 Å². The third-order valence-corrected chi connectivity index (χ3v) is 4.85. The van der Waals surface area contributed by atoms with Crippen LogP contribution in [0.15, 0.2) is 17.0 Å². The standard InChI is InChI=1S/C13H17F2NO4S/c14-11-5-10(8-17)6-12(13(11)15)21(18,19)16-7-9-1-3-20-4-2-9/h5-6,9,16-17H,1-4,7-8H2. The first kappa shape index (κ1) is 16.3. The number of ether oxygens (including phenoxy) is 1. The van der Waals surface area contributed by atoms with Crippen molar-refractivity contribution in [2.45, 2.75) is 24.3 Å². The van der Waals surface area contributed by atoms with Crippen LogP contribution in [0.5, 0.6) is 0 Å². The maximum atomic E-state index is 13.7. The molecule has 0 unspecified atom stereocenters. The number of aliphatic hydroxyl groups excluding tert-OH is 1. The van der Waals surface area contributed by atoms with Crippen LogP contribution in [0.2, 0.25) is 0 Å². The van der Waals surface area contributed by atoms with Gasteiger partial charge in [-0.3, -0.25) is 0 Å². The highest BCUT2D eigenvalue weighted by molar-refractivity contribution is 7.89. The van der Waals surface area contributed by atoms with Crippen molar-refractivity contribution in [1.29, 1.82) is 0 Å². The Balaban J connectivity index is 2.16. The van der Waals surface area contributed by atoms with Crippen LogP contribution in [-0.4, -0.2) is 33.3 Å². The SMILES string of the molecule is O=S(=O)(NCC1CCOCC1)c1cc(CO)cc(F)c1F. The minimum atomic E-state index is -4.16. The zero-order valence-corrected chi connectivity index (χ0v) is 12.1. The molecular weight excluding hydrogens is 304 g/mol. The molecule has 1 aromatic carbocycles. The van der Waals surface area contributed by atoms with Gasteiger partial charge in [-0.1, -0.05) is 0 Å². The molecule has 1 aliphatic heterocycles. The summed E-state index contributed by atoms with van der Waals surface area (Å²) in [5, 5.41) is 8.96. The van der Waals surface area contributed by atoms with Gasteiger partial charge in [0.05, 0.1) is 6.61 Å². The quantitative estimate of drug-likeness (QED) is 0.853. The lowest BCUT2D eigenvalue weighted by Gasteiger charge is -2.22. The van der Waals surface area contributed by atoms with Crippen LogP contribution in [0, 0.1) is 17.6 Å². The van der Waals surface area contributed by atoms with Gasteiger partial charge in [-0.15, -0.1) is 0 Å². The van der Waals surface area contributed by atoms with Gasteiger partial charge in [-0.05, 0) is 36.5 Å². The number of rotatable bonds is 5. The summed E-state index contributed by atoms with van der Waals surface area (Å²) in [5.74, 6) is -2.62. The Labute approximate surface area is 122 Å². The number of sulfonamides is 1. The average Bonchev–Trinajstić information content (AvgIpc) is 2.48. The van der Waals surface area contributed by atoms with Crippen molar-refractivity contribution in [3.8, 4) is 0 Å². The first-order valence-corrected chi connectivity index (χ1v) is 8.08. The smallest absolute Gasteiger partial charge is 0.243 e. The average molecular weight is 321 g/mol. The molecule has 0 radical (unpaired) electrons. The number of halogens is 2. The molecule has 21 heavy (non-hydrogen) atoms. The summed E-state index contributed by atoms with van der Waals surface area (Å²) < 4.78 is 58.7. The minimum Gasteiger partial charge on any atom is -0.392 e. The lowest BCUT2D eigenvalue weighted by molar-refractivity contribution is 0.0678. The van der Waals surface area contributed by atoms with Crippen molar-refractivity contribution in [1.82, 2.24) is 4.72 Å². The number of aliphatic hydroxyl groups is 1. The maximum Gasteiger partial charge on any atom is 0.243 e. The molecule has 0 saturated carbocycles. The molecular formula is C13H17F2NO4S. The highest BCUT2D eigenvalue weighted by Crippen LogP contribution is 2.21. The Morgan fingerprint density at radius 2 is 1.95 bits per heavy atom. The fourth-order valence-corrected chi connectivity index (χ4v) is 3.41. The van der Waals surface area contributed by atoms with E-state index in [0.29, 0.717) is 13.2 Å². The molecule has 1 heterocycles. The molecule has 1 aromatic rings. The van der Waals surface area contributed by atoms with E-state index in [9.17, 15) is 17.2 Å². The number of hydrogen-bond acceptors (Lipinski definition) is 4. The molecule has 0 atom stereocenters. The predicted octanol–water partition coefficient (Wildman–Crippen LogP) is 1.16. The second-order valence-corrected chi connectivity index (χ2v) is 6.69. The first-order valence-electron chi connectivity index (χ1n) is 6.60. The largest absolute Gasteiger partial charge is 0.392 e. The van der Waals surface area contributed by atoms with Gasteiger partial charge < -0.3 is 9.84 Å². The fourth-order valence-electron chi connectivity index (χ4n) is 2.16. The van der Waals surface area contributed by atoms with Gasteiger partial charge in [-0.2, -0.15) is 0 Å². The van der Waals surface area contributed by atoms with Gasteiger partial charge in [0, 0.05) is 19.8 Å². The van der Waals surface area contributed by atoms with Crippen LogP contribution in [-0.2, 0) is 21.4 Å². The zero-order valence-electron chi connectivity index (χ0n) is 11.3. The van der Waals surface area contributed by atoms with Crippen LogP contribution in [0.25, 0.3) is 0 Å². The van der Waals surface area contributed by atoms with E-state index >= 15 is 0 Å². The van der Waals surface area contributed by atoms with Crippen LogP contribution in [0.4, 0.5) is 8.78 Å². The van der Waals surface area contributed by atoms with Gasteiger partial charge in [0.2, 0.25) is 10.0 Å². The van der Waals surface area contributed by atoms with Gasteiger partial charge in [0.25, 0.3) is 0 Å². The van der Waals surface area contributed by atoms with E-state index in [2.05, 4.69) is 4.72 Å². The molecule has 0 bridgehead atoms. The lowest BCUT2D eigenvalue weighted by atomic mass is 10.0. The molecule has 0 aliphatic carbocycles. The molecule has 118 valence electrons. The van der Waals surface area contributed by atoms with E-state index in [1.54, 1.807) is 0 Å². The van der Waals surface area contributed by atoms with Crippen molar-refractivity contribution in [3.05, 3.63) is 29.3 Å². The Bertz CT molecular complexity index is 600. The van der Waals surface area contributed by atoms with Crippen LogP contribution in [0.3, 0.4) is 0 Å². The molecule has 1 fully saturated rings. The Hall–Kier alpha value is -1.09. The lowest BCUT2D eigenvalue weighted by Crippen LogP contribution is -2.32. The minimum absolute atomic E-state index is 0.000316. The maximum absolute atomic E-state index is 13.7. The number of benzene rings is 1. The number of nitrogens with one attached hydrogen (secondary N) is 1. The van der Waals surface area contributed by atoms with E-state index in [-0.39, 0.29) is 18.0 Å². The normalized spacial score (nSPS) is 17.1. The molecule has 8 heteroatoms. The second-order valence-electron chi connectivity index (χ2n) is 4.96. The summed E-state index contributed by atoms with van der Waals surface area (Å²) >= 11 is 0. The van der Waals surface area contributed by atoms with Crippen LogP contribution in [0.1, 0.15) is 18.4 Å². The van der Waals surface area contributed by atoms with Crippen molar-refractivity contribution in [2.24, 2.45) is 5.92 Å². The van der Waals surface area contributed by atoms with Gasteiger partial charge >= 0.3 is 0 Å². The number of hydrogen-bond donors (Lipinski definition) is 2. The third-order valence-electron chi connectivity index (χ3n) is 3.43. The van der Waals surface area contributed by atoms with Crippen LogP contribution >= 0.6 is 0 Å². The summed E-state index contributed by atoms with van der Waals surface area (Å²) in [5.41, 5.74) is 0.000316. The van der Waals surface area contributed by atoms with E-state index in [1.165, 1.54) is 0 Å². The molecule has 5 nitrogen and oxygen atoms in total.